The Labute approximate surface area is 108 Å². The van der Waals surface area contributed by atoms with Crippen molar-refractivity contribution >= 4 is 11.0 Å². The van der Waals surface area contributed by atoms with Crippen molar-refractivity contribution in [1.82, 2.24) is 5.32 Å². The third-order valence-electron chi connectivity index (χ3n) is 3.06. The Morgan fingerprint density at radius 3 is 2.89 bits per heavy atom. The fraction of sp³-hybridized carbons (Fsp3) is 0.467. The molecule has 2 rings (SSSR count). The number of hydrogen-bond donors (Lipinski definition) is 1. The average Bonchev–Trinajstić information content (AvgIpc) is 2.82. The van der Waals surface area contributed by atoms with E-state index in [4.69, 9.17) is 9.15 Å². The van der Waals surface area contributed by atoms with Crippen LogP contribution in [0.15, 0.2) is 34.7 Å². The molecule has 0 aliphatic rings. The molecule has 3 heteroatoms. The molecule has 98 valence electrons. The van der Waals surface area contributed by atoms with Crippen molar-refractivity contribution in [3.63, 3.8) is 0 Å². The van der Waals surface area contributed by atoms with Crippen molar-refractivity contribution in [3.05, 3.63) is 36.1 Å². The first-order valence-corrected chi connectivity index (χ1v) is 6.58. The molecule has 0 saturated carbocycles. The van der Waals surface area contributed by atoms with E-state index in [1.165, 1.54) is 0 Å². The van der Waals surface area contributed by atoms with Crippen molar-refractivity contribution in [2.75, 3.05) is 20.3 Å². The van der Waals surface area contributed by atoms with Crippen LogP contribution in [0.4, 0.5) is 0 Å². The van der Waals surface area contributed by atoms with Crippen LogP contribution < -0.4 is 5.32 Å². The Morgan fingerprint density at radius 1 is 1.33 bits per heavy atom. The van der Waals surface area contributed by atoms with Gasteiger partial charge < -0.3 is 14.5 Å². The van der Waals surface area contributed by atoms with Gasteiger partial charge in [0.2, 0.25) is 0 Å². The van der Waals surface area contributed by atoms with Gasteiger partial charge in [-0.15, -0.1) is 0 Å². The van der Waals surface area contributed by atoms with Crippen LogP contribution in [-0.4, -0.2) is 20.3 Å². The molecule has 2 aromatic rings. The number of rotatable bonds is 7. The van der Waals surface area contributed by atoms with Crippen LogP contribution in [0.5, 0.6) is 0 Å². The number of nitrogens with one attached hydrogen (secondary N) is 1. The third kappa shape index (κ3) is 3.12. The van der Waals surface area contributed by atoms with Gasteiger partial charge in [-0.2, -0.15) is 0 Å². The van der Waals surface area contributed by atoms with Gasteiger partial charge in [0.05, 0.1) is 12.6 Å². The Kier molecular flexibility index (Phi) is 4.79. The fourth-order valence-corrected chi connectivity index (χ4v) is 1.93. The Morgan fingerprint density at radius 2 is 2.17 bits per heavy atom. The number of fused-ring (bicyclic) bond motifs is 1. The van der Waals surface area contributed by atoms with Crippen LogP contribution in [0, 0.1) is 0 Å². The summed E-state index contributed by atoms with van der Waals surface area (Å²) in [7, 11) is 1.93. The summed E-state index contributed by atoms with van der Waals surface area (Å²) in [5.74, 6) is 0.940. The maximum Gasteiger partial charge on any atom is 0.134 e. The summed E-state index contributed by atoms with van der Waals surface area (Å²) >= 11 is 0. The predicted molar refractivity (Wildman–Crippen MR) is 73.7 cm³/mol. The van der Waals surface area contributed by atoms with Crippen molar-refractivity contribution in [3.8, 4) is 0 Å². The Bertz CT molecular complexity index is 445. The topological polar surface area (TPSA) is 34.4 Å². The van der Waals surface area contributed by atoms with Gasteiger partial charge >= 0.3 is 0 Å². The second kappa shape index (κ2) is 6.57. The second-order valence-corrected chi connectivity index (χ2v) is 4.46. The minimum absolute atomic E-state index is 0.120. The summed E-state index contributed by atoms with van der Waals surface area (Å²) in [5.41, 5.74) is 0.932. The molecule has 1 atom stereocenters. The monoisotopic (exact) mass is 247 g/mol. The predicted octanol–water partition coefficient (Wildman–Crippen LogP) is 3.51. The van der Waals surface area contributed by atoms with Crippen molar-refractivity contribution < 1.29 is 9.15 Å². The molecule has 3 nitrogen and oxygen atoms in total. The lowest BCUT2D eigenvalue weighted by molar-refractivity contribution is 0.105. The Balaban J connectivity index is 2.02. The molecule has 0 radical (unpaired) electrons. The lowest BCUT2D eigenvalue weighted by Gasteiger charge is -2.13. The molecule has 0 saturated heterocycles. The van der Waals surface area contributed by atoms with Gasteiger partial charge in [0.25, 0.3) is 0 Å². The smallest absolute Gasteiger partial charge is 0.134 e. The summed E-state index contributed by atoms with van der Waals surface area (Å²) < 4.78 is 11.5. The first-order chi connectivity index (χ1) is 8.85. The van der Waals surface area contributed by atoms with E-state index >= 15 is 0 Å². The summed E-state index contributed by atoms with van der Waals surface area (Å²) in [6.45, 7) is 3.63. The first-order valence-electron chi connectivity index (χ1n) is 6.58. The van der Waals surface area contributed by atoms with Gasteiger partial charge in [-0.3, -0.25) is 0 Å². The van der Waals surface area contributed by atoms with E-state index in [-0.39, 0.29) is 6.04 Å². The molecule has 0 fully saturated rings. The van der Waals surface area contributed by atoms with Crippen molar-refractivity contribution in [2.45, 2.75) is 25.8 Å². The molecule has 0 aliphatic heterocycles. The first kappa shape index (κ1) is 13.1. The average molecular weight is 247 g/mol. The van der Waals surface area contributed by atoms with Crippen LogP contribution in [0.25, 0.3) is 11.0 Å². The van der Waals surface area contributed by atoms with Gasteiger partial charge in [-0.1, -0.05) is 31.5 Å². The highest BCUT2D eigenvalue weighted by Crippen LogP contribution is 2.23. The number of unbranched alkanes of at least 4 members (excludes halogenated alkanes) is 1. The number of benzene rings is 1. The third-order valence-corrected chi connectivity index (χ3v) is 3.06. The second-order valence-electron chi connectivity index (χ2n) is 4.46. The fourth-order valence-electron chi connectivity index (χ4n) is 1.93. The zero-order chi connectivity index (χ0) is 12.8. The number of likely N-dealkylation sites (N-methyl/N-ethyl adjacent to an activating group) is 1. The van der Waals surface area contributed by atoms with Crippen molar-refractivity contribution in [2.24, 2.45) is 0 Å². The molecular weight excluding hydrogens is 226 g/mol. The minimum Gasteiger partial charge on any atom is -0.459 e. The zero-order valence-corrected chi connectivity index (χ0v) is 11.1. The molecule has 1 heterocycles. The lowest BCUT2D eigenvalue weighted by Crippen LogP contribution is -2.21. The molecule has 0 bridgehead atoms. The van der Waals surface area contributed by atoms with Crippen LogP contribution in [0.1, 0.15) is 31.6 Å². The largest absolute Gasteiger partial charge is 0.459 e. The van der Waals surface area contributed by atoms with E-state index in [0.717, 1.165) is 36.2 Å². The standard InChI is InChI=1S/C15H21NO2/c1-3-4-9-17-11-13(16-2)15-10-12-7-5-6-8-14(12)18-15/h5-8,10,13,16H,3-4,9,11H2,1-2H3. The summed E-state index contributed by atoms with van der Waals surface area (Å²) in [6.07, 6.45) is 2.27. The van der Waals surface area contributed by atoms with Gasteiger partial charge in [0.15, 0.2) is 0 Å². The molecule has 0 amide bonds. The molecule has 0 spiro atoms. The maximum atomic E-state index is 5.84. The van der Waals surface area contributed by atoms with Gasteiger partial charge in [-0.25, -0.2) is 0 Å². The van der Waals surface area contributed by atoms with E-state index in [0.29, 0.717) is 6.61 Å². The molecular formula is C15H21NO2. The van der Waals surface area contributed by atoms with Crippen LogP contribution in [-0.2, 0) is 4.74 Å². The highest BCUT2D eigenvalue weighted by molar-refractivity contribution is 5.77. The lowest BCUT2D eigenvalue weighted by atomic mass is 10.2. The van der Waals surface area contributed by atoms with Crippen LogP contribution >= 0.6 is 0 Å². The molecule has 0 aliphatic carbocycles. The highest BCUT2D eigenvalue weighted by atomic mass is 16.5. The van der Waals surface area contributed by atoms with Gasteiger partial charge in [0.1, 0.15) is 11.3 Å². The van der Waals surface area contributed by atoms with Crippen LogP contribution in [0.2, 0.25) is 0 Å². The molecule has 18 heavy (non-hydrogen) atoms. The highest BCUT2D eigenvalue weighted by Gasteiger charge is 2.14. The molecule has 1 aromatic carbocycles. The SMILES string of the molecule is CCCCOCC(NC)c1cc2ccccc2o1. The van der Waals surface area contributed by atoms with Crippen LogP contribution in [0.3, 0.4) is 0 Å². The minimum atomic E-state index is 0.120. The maximum absolute atomic E-state index is 5.84. The van der Waals surface area contributed by atoms with Crippen molar-refractivity contribution in [1.29, 1.82) is 0 Å². The molecule has 1 unspecified atom stereocenters. The number of ether oxygens (including phenoxy) is 1. The number of para-hydroxylation sites is 1. The summed E-state index contributed by atoms with van der Waals surface area (Å²) in [5, 5.41) is 4.38. The molecule has 1 aromatic heterocycles. The van der Waals surface area contributed by atoms with E-state index in [1.807, 2.05) is 25.2 Å². The van der Waals surface area contributed by atoms with Gasteiger partial charge in [0, 0.05) is 12.0 Å². The summed E-state index contributed by atoms with van der Waals surface area (Å²) in [6, 6.07) is 10.3. The van der Waals surface area contributed by atoms with E-state index < -0.39 is 0 Å². The van der Waals surface area contributed by atoms with E-state index in [9.17, 15) is 0 Å². The number of furan rings is 1. The van der Waals surface area contributed by atoms with E-state index in [1.54, 1.807) is 0 Å². The van der Waals surface area contributed by atoms with E-state index in [2.05, 4.69) is 24.4 Å². The Hall–Kier alpha value is -1.32. The molecule has 1 N–H and O–H groups in total. The zero-order valence-electron chi connectivity index (χ0n) is 11.1. The quantitative estimate of drug-likeness (QED) is 0.760. The normalized spacial score (nSPS) is 13.0. The number of hydrogen-bond acceptors (Lipinski definition) is 3. The van der Waals surface area contributed by atoms with Gasteiger partial charge in [-0.05, 0) is 25.6 Å². The summed E-state index contributed by atoms with van der Waals surface area (Å²) in [4.78, 5) is 0.